The number of nitrogen functional groups attached to an aromatic ring is 1. The molecule has 2 amide bonds. The average molecular weight is 539 g/mol. The number of carbonyl (C=O) groups excluding carboxylic acids is 2. The van der Waals surface area contributed by atoms with Crippen LogP contribution in [0.5, 0.6) is 5.75 Å². The smallest absolute Gasteiger partial charge is 0.271 e. The highest BCUT2D eigenvalue weighted by Crippen LogP contribution is 2.41. The van der Waals surface area contributed by atoms with Gasteiger partial charge in [0.2, 0.25) is 5.95 Å². The van der Waals surface area contributed by atoms with Crippen molar-refractivity contribution in [2.45, 2.75) is 39.3 Å². The Morgan fingerprint density at radius 3 is 2.71 bits per heavy atom. The Bertz CT molecular complexity index is 1460. The van der Waals surface area contributed by atoms with Gasteiger partial charge in [-0.1, -0.05) is 11.6 Å². The molecule has 4 N–H and O–H groups in total. The number of aromatic nitrogens is 5. The molecule has 0 bridgehead atoms. The fraction of sp³-hybridized carbons (Fsp3) is 0.360. The summed E-state index contributed by atoms with van der Waals surface area (Å²) in [6.07, 6.45) is 5.29. The second kappa shape index (κ2) is 10.0. The molecule has 198 valence electrons. The number of hydrogen-bond acceptors (Lipinski definition) is 9. The highest BCUT2D eigenvalue weighted by Gasteiger charge is 2.38. The van der Waals surface area contributed by atoms with Crippen LogP contribution in [0.15, 0.2) is 12.4 Å². The van der Waals surface area contributed by atoms with E-state index in [4.69, 9.17) is 22.1 Å². The predicted molar refractivity (Wildman–Crippen MR) is 141 cm³/mol. The number of H-pyrrole nitrogens is 1. The van der Waals surface area contributed by atoms with Crippen LogP contribution >= 0.6 is 11.6 Å². The van der Waals surface area contributed by atoms with Crippen LogP contribution in [0.3, 0.4) is 0 Å². The quantitative estimate of drug-likeness (QED) is 0.326. The van der Waals surface area contributed by atoms with Crippen molar-refractivity contribution in [2.24, 2.45) is 0 Å². The molecule has 0 spiro atoms. The zero-order valence-electron chi connectivity index (χ0n) is 21.2. The first kappa shape index (κ1) is 25.6. The lowest BCUT2D eigenvalue weighted by Crippen LogP contribution is -2.40. The summed E-state index contributed by atoms with van der Waals surface area (Å²) in [6.45, 7) is 4.79. The number of likely N-dealkylation sites (tertiary alicyclic amines) is 1. The van der Waals surface area contributed by atoms with Crippen molar-refractivity contribution < 1.29 is 19.4 Å². The normalized spacial score (nSPS) is 16.9. The van der Waals surface area contributed by atoms with Gasteiger partial charge in [-0.25, -0.2) is 9.97 Å². The summed E-state index contributed by atoms with van der Waals surface area (Å²) in [6, 6.07) is 0. The van der Waals surface area contributed by atoms with Gasteiger partial charge in [0.05, 0.1) is 42.8 Å². The van der Waals surface area contributed by atoms with E-state index in [0.717, 1.165) is 11.1 Å². The van der Waals surface area contributed by atoms with Crippen LogP contribution in [-0.4, -0.2) is 73.0 Å². The molecule has 0 atom stereocenters. The molecule has 3 aromatic heterocycles. The van der Waals surface area contributed by atoms with Crippen molar-refractivity contribution >= 4 is 46.8 Å². The number of fused-ring (bicyclic) bond motifs is 1. The Balaban J connectivity index is 1.48. The van der Waals surface area contributed by atoms with Crippen molar-refractivity contribution in [1.29, 1.82) is 0 Å². The number of aliphatic hydroxyl groups is 1. The number of hydrogen-bond donors (Lipinski definition) is 3. The van der Waals surface area contributed by atoms with Crippen LogP contribution in [0.2, 0.25) is 5.15 Å². The van der Waals surface area contributed by atoms with E-state index in [2.05, 4.69) is 24.9 Å². The lowest BCUT2D eigenvalue weighted by atomic mass is 10.1. The summed E-state index contributed by atoms with van der Waals surface area (Å²) >= 11 is 6.44. The van der Waals surface area contributed by atoms with Crippen molar-refractivity contribution in [1.82, 2.24) is 29.8 Å². The molecule has 38 heavy (non-hydrogen) atoms. The topological polar surface area (TPSA) is 163 Å². The van der Waals surface area contributed by atoms with Crippen LogP contribution in [0.4, 0.5) is 11.8 Å². The molecule has 1 fully saturated rings. The van der Waals surface area contributed by atoms with E-state index in [1.54, 1.807) is 18.2 Å². The molecule has 2 aliphatic rings. The number of ether oxygens (including phenoxy) is 1. The molecule has 0 saturated carbocycles. The minimum absolute atomic E-state index is 0.0236. The number of aromatic amines is 1. The number of piperidine rings is 1. The van der Waals surface area contributed by atoms with Gasteiger partial charge >= 0.3 is 0 Å². The molecule has 0 unspecified atom stereocenters. The van der Waals surface area contributed by atoms with Crippen molar-refractivity contribution in [3.63, 3.8) is 0 Å². The molecule has 5 heterocycles. The van der Waals surface area contributed by atoms with Gasteiger partial charge in [-0.05, 0) is 32.8 Å². The van der Waals surface area contributed by atoms with Gasteiger partial charge in [-0.3, -0.25) is 19.5 Å². The fourth-order valence-electron chi connectivity index (χ4n) is 4.77. The zero-order chi connectivity index (χ0) is 27.1. The van der Waals surface area contributed by atoms with Crippen LogP contribution in [0.25, 0.3) is 11.6 Å². The molecule has 0 aliphatic carbocycles. The zero-order valence-corrected chi connectivity index (χ0v) is 21.9. The van der Waals surface area contributed by atoms with Gasteiger partial charge in [0.15, 0.2) is 5.82 Å². The number of imidazole rings is 1. The van der Waals surface area contributed by atoms with Crippen LogP contribution in [0.1, 0.15) is 51.5 Å². The number of nitrogens with zero attached hydrogens (tertiary/aromatic N) is 6. The molecule has 13 heteroatoms. The minimum atomic E-state index is -0.392. The molecule has 2 aliphatic heterocycles. The third-order valence-corrected chi connectivity index (χ3v) is 7.05. The van der Waals surface area contributed by atoms with Crippen LogP contribution in [-0.2, 0) is 11.3 Å². The van der Waals surface area contributed by atoms with Gasteiger partial charge in [0.25, 0.3) is 11.8 Å². The molecule has 1 saturated heterocycles. The SMILES string of the molecule is COc1c(C)cnc(CN2C(=O)/C(=C\c3ncc(C(=O)N4CCC(O)CC4)[nH]3)c3c(Cl)nc(N)nc32)c1C. The van der Waals surface area contributed by atoms with Gasteiger partial charge < -0.3 is 25.5 Å². The third kappa shape index (κ3) is 4.56. The Labute approximate surface area is 223 Å². The Kier molecular flexibility index (Phi) is 6.76. The molecular formula is C25H27ClN8O4. The van der Waals surface area contributed by atoms with Gasteiger partial charge in [-0.15, -0.1) is 0 Å². The molecule has 0 radical (unpaired) electrons. The highest BCUT2D eigenvalue weighted by molar-refractivity contribution is 6.41. The first-order valence-corrected chi connectivity index (χ1v) is 12.4. The van der Waals surface area contributed by atoms with E-state index in [-0.39, 0.29) is 40.6 Å². The minimum Gasteiger partial charge on any atom is -0.496 e. The number of nitrogens with one attached hydrogen (secondary N) is 1. The van der Waals surface area contributed by atoms with E-state index in [1.165, 1.54) is 17.2 Å². The number of aryl methyl sites for hydroxylation is 1. The van der Waals surface area contributed by atoms with Crippen molar-refractivity contribution in [3.8, 4) is 5.75 Å². The highest BCUT2D eigenvalue weighted by atomic mass is 35.5. The van der Waals surface area contributed by atoms with E-state index in [0.29, 0.717) is 48.8 Å². The summed E-state index contributed by atoms with van der Waals surface area (Å²) in [5, 5.41) is 9.74. The Hall–Kier alpha value is -4.03. The predicted octanol–water partition coefficient (Wildman–Crippen LogP) is 2.14. The molecular weight excluding hydrogens is 512 g/mol. The number of amides is 2. The number of carbonyl (C=O) groups is 2. The molecule has 0 aromatic carbocycles. The van der Waals surface area contributed by atoms with Crippen molar-refractivity contribution in [2.75, 3.05) is 30.8 Å². The summed E-state index contributed by atoms with van der Waals surface area (Å²) in [7, 11) is 1.58. The average Bonchev–Trinajstić information content (AvgIpc) is 3.45. The number of anilines is 2. The number of aliphatic hydroxyl groups excluding tert-OH is 1. The lowest BCUT2D eigenvalue weighted by molar-refractivity contribution is -0.113. The van der Waals surface area contributed by atoms with Gasteiger partial charge in [0.1, 0.15) is 22.4 Å². The van der Waals surface area contributed by atoms with E-state index in [1.807, 2.05) is 13.8 Å². The number of pyridine rings is 1. The maximum atomic E-state index is 13.7. The second-order valence-corrected chi connectivity index (χ2v) is 9.63. The number of halogens is 1. The van der Waals surface area contributed by atoms with Gasteiger partial charge in [0, 0.05) is 30.4 Å². The molecule has 3 aromatic rings. The van der Waals surface area contributed by atoms with E-state index < -0.39 is 12.0 Å². The number of rotatable bonds is 5. The largest absolute Gasteiger partial charge is 0.496 e. The summed E-state index contributed by atoms with van der Waals surface area (Å²) in [5.74, 6) is 0.551. The number of nitrogens with two attached hydrogens (primary N) is 1. The Morgan fingerprint density at radius 1 is 1.26 bits per heavy atom. The van der Waals surface area contributed by atoms with Crippen molar-refractivity contribution in [3.05, 3.63) is 51.4 Å². The maximum Gasteiger partial charge on any atom is 0.271 e. The van der Waals surface area contributed by atoms with Gasteiger partial charge in [-0.2, -0.15) is 4.98 Å². The lowest BCUT2D eigenvalue weighted by Gasteiger charge is -2.29. The monoisotopic (exact) mass is 538 g/mol. The molecule has 5 rings (SSSR count). The first-order chi connectivity index (χ1) is 18.2. The maximum absolute atomic E-state index is 13.7. The number of methoxy groups -OCH3 is 1. The van der Waals surface area contributed by atoms with E-state index in [9.17, 15) is 14.7 Å². The van der Waals surface area contributed by atoms with Crippen LogP contribution < -0.4 is 15.4 Å². The summed E-state index contributed by atoms with van der Waals surface area (Å²) < 4.78 is 5.51. The Morgan fingerprint density at radius 2 is 2.00 bits per heavy atom. The van der Waals surface area contributed by atoms with Crippen LogP contribution in [0, 0.1) is 13.8 Å². The first-order valence-electron chi connectivity index (χ1n) is 12.1. The summed E-state index contributed by atoms with van der Waals surface area (Å²) in [4.78, 5) is 49.8. The third-order valence-electron chi connectivity index (χ3n) is 6.78. The standard InChI is InChI=1S/C25H27ClN8O4/c1-12-9-28-17(13(2)20(12)38-3)11-34-22-19(21(26)31-25(27)32-22)15(23(34)36)8-18-29-10-16(30-18)24(37)33-6-4-14(35)5-7-33/h8-10,14,35H,4-7,11H2,1-3H3,(H,29,30)(H2,27,31,32)/b15-8-. The second-order valence-electron chi connectivity index (χ2n) is 9.27. The summed E-state index contributed by atoms with van der Waals surface area (Å²) in [5.41, 5.74) is 8.97. The molecule has 12 nitrogen and oxygen atoms in total. The fourth-order valence-corrected chi connectivity index (χ4v) is 5.04. The van der Waals surface area contributed by atoms with E-state index >= 15 is 0 Å².